The minimum Gasteiger partial charge on any atom is -0.478 e. The number of aromatic carboxylic acids is 1. The molecule has 0 spiro atoms. The van der Waals surface area contributed by atoms with Gasteiger partial charge in [0, 0.05) is 6.61 Å². The van der Waals surface area contributed by atoms with Gasteiger partial charge in [-0.25, -0.2) is 4.79 Å². The van der Waals surface area contributed by atoms with Gasteiger partial charge in [0.1, 0.15) is 0 Å². The summed E-state index contributed by atoms with van der Waals surface area (Å²) in [6.45, 7) is 5.19. The fraction of sp³-hybridized carbons (Fsp3) is 0.519. The highest BCUT2D eigenvalue weighted by Gasteiger charge is 2.07. The average molecular weight is 411 g/mol. The number of benzene rings is 2. The van der Waals surface area contributed by atoms with Crippen LogP contribution in [0, 0.1) is 0 Å². The fourth-order valence-corrected chi connectivity index (χ4v) is 3.70. The first-order valence-corrected chi connectivity index (χ1v) is 11.7. The summed E-state index contributed by atoms with van der Waals surface area (Å²) in [5, 5.41) is 9.01. The van der Waals surface area contributed by atoms with Crippen molar-refractivity contribution in [2.45, 2.75) is 84.2 Å². The van der Waals surface area contributed by atoms with Crippen LogP contribution in [0.4, 0.5) is 0 Å². The van der Waals surface area contributed by atoms with Gasteiger partial charge in [-0.3, -0.25) is 0 Å². The number of unbranched alkanes of at least 4 members (excludes halogenated alkanes) is 9. The van der Waals surface area contributed by atoms with Gasteiger partial charge in [0.2, 0.25) is 0 Å². The molecule has 0 aromatic heterocycles. The van der Waals surface area contributed by atoms with Gasteiger partial charge in [-0.15, -0.1) is 0 Å². The molecule has 2 aromatic carbocycles. The van der Waals surface area contributed by atoms with Crippen LogP contribution in [0.3, 0.4) is 0 Å². The maximum Gasteiger partial charge on any atom is 0.335 e. The van der Waals surface area contributed by atoms with Crippen LogP contribution in [-0.4, -0.2) is 17.7 Å². The molecule has 0 heterocycles. The third kappa shape index (κ3) is 8.71. The first-order valence-electron chi connectivity index (χ1n) is 11.7. The summed E-state index contributed by atoms with van der Waals surface area (Å²) in [5.74, 6) is -0.898. The van der Waals surface area contributed by atoms with Gasteiger partial charge in [-0.1, -0.05) is 101 Å². The zero-order valence-electron chi connectivity index (χ0n) is 18.7. The van der Waals surface area contributed by atoms with Crippen LogP contribution < -0.4 is 0 Å². The first-order chi connectivity index (χ1) is 14.6. The summed E-state index contributed by atoms with van der Waals surface area (Å²) in [4.78, 5) is 11.0. The standard InChI is InChI=1S/C27H38O3/c1-3-4-5-6-7-8-9-10-11-12-21-30-22(2)23-13-15-24(16-14-23)25-17-19-26(20-18-25)27(28)29/h13-20,22H,3-12,21H2,1-2H3,(H,28,29). The lowest BCUT2D eigenvalue weighted by Gasteiger charge is -2.14. The average Bonchev–Trinajstić information content (AvgIpc) is 2.77. The Morgan fingerprint density at radius 2 is 1.23 bits per heavy atom. The zero-order chi connectivity index (χ0) is 21.6. The van der Waals surface area contributed by atoms with Crippen molar-refractivity contribution in [2.75, 3.05) is 6.61 Å². The predicted molar refractivity (Wildman–Crippen MR) is 125 cm³/mol. The van der Waals surface area contributed by atoms with Crippen LogP contribution in [-0.2, 0) is 4.74 Å². The van der Waals surface area contributed by atoms with Gasteiger partial charge in [0.15, 0.2) is 0 Å². The van der Waals surface area contributed by atoms with Crippen molar-refractivity contribution in [3.8, 4) is 11.1 Å². The lowest BCUT2D eigenvalue weighted by atomic mass is 10.0. The molecule has 164 valence electrons. The minimum absolute atomic E-state index is 0.0898. The second-order valence-corrected chi connectivity index (χ2v) is 8.20. The molecule has 1 N–H and O–H groups in total. The van der Waals surface area contributed by atoms with Gasteiger partial charge < -0.3 is 9.84 Å². The Hall–Kier alpha value is -2.13. The number of carboxylic acids is 1. The third-order valence-corrected chi connectivity index (χ3v) is 5.71. The van der Waals surface area contributed by atoms with Gasteiger partial charge in [-0.2, -0.15) is 0 Å². The minimum atomic E-state index is -0.898. The summed E-state index contributed by atoms with van der Waals surface area (Å²) in [5.41, 5.74) is 3.58. The van der Waals surface area contributed by atoms with Crippen LogP contribution in [0.2, 0.25) is 0 Å². The fourth-order valence-electron chi connectivity index (χ4n) is 3.70. The van der Waals surface area contributed by atoms with E-state index in [1.807, 2.05) is 12.1 Å². The van der Waals surface area contributed by atoms with E-state index in [4.69, 9.17) is 9.84 Å². The van der Waals surface area contributed by atoms with Gasteiger partial charge >= 0.3 is 5.97 Å². The maximum absolute atomic E-state index is 11.0. The van der Waals surface area contributed by atoms with Crippen LogP contribution >= 0.6 is 0 Å². The number of ether oxygens (including phenoxy) is 1. The molecule has 0 fully saturated rings. The van der Waals surface area contributed by atoms with Crippen molar-refractivity contribution in [1.29, 1.82) is 0 Å². The molecular formula is C27H38O3. The Morgan fingerprint density at radius 1 is 0.767 bits per heavy atom. The van der Waals surface area contributed by atoms with E-state index in [0.717, 1.165) is 24.2 Å². The number of carboxylic acid groups (broad SMARTS) is 1. The number of rotatable bonds is 15. The van der Waals surface area contributed by atoms with Crippen LogP contribution in [0.5, 0.6) is 0 Å². The predicted octanol–water partition coefficient (Wildman–Crippen LogP) is 8.05. The largest absolute Gasteiger partial charge is 0.478 e. The Balaban J connectivity index is 1.63. The maximum atomic E-state index is 11.0. The quantitative estimate of drug-likeness (QED) is 0.302. The van der Waals surface area contributed by atoms with Crippen molar-refractivity contribution in [3.63, 3.8) is 0 Å². The molecule has 2 aromatic rings. The summed E-state index contributed by atoms with van der Waals surface area (Å²) in [6.07, 6.45) is 13.5. The number of hydrogen-bond donors (Lipinski definition) is 1. The molecule has 30 heavy (non-hydrogen) atoms. The molecule has 0 aliphatic carbocycles. The molecule has 0 aliphatic rings. The van der Waals surface area contributed by atoms with Gasteiger partial charge in [0.05, 0.1) is 11.7 Å². The first kappa shape index (κ1) is 24.1. The van der Waals surface area contributed by atoms with Gasteiger partial charge in [0.25, 0.3) is 0 Å². The molecule has 0 bridgehead atoms. The second kappa shape index (κ2) is 14.0. The molecule has 0 amide bonds. The normalized spacial score (nSPS) is 12.1. The monoisotopic (exact) mass is 410 g/mol. The number of carbonyl (C=O) groups is 1. The lowest BCUT2D eigenvalue weighted by molar-refractivity contribution is 0.0627. The van der Waals surface area contributed by atoms with Crippen molar-refractivity contribution in [3.05, 3.63) is 59.7 Å². The summed E-state index contributed by atoms with van der Waals surface area (Å²) in [7, 11) is 0. The van der Waals surface area contributed by atoms with Crippen LogP contribution in [0.15, 0.2) is 48.5 Å². The summed E-state index contributed by atoms with van der Waals surface area (Å²) in [6, 6.07) is 15.3. The zero-order valence-corrected chi connectivity index (χ0v) is 18.7. The van der Waals surface area contributed by atoms with Crippen molar-refractivity contribution in [1.82, 2.24) is 0 Å². The molecule has 3 heteroatoms. The molecule has 2 rings (SSSR count). The molecule has 1 atom stereocenters. The Morgan fingerprint density at radius 3 is 1.73 bits per heavy atom. The Kier molecular flexibility index (Phi) is 11.2. The molecule has 3 nitrogen and oxygen atoms in total. The topological polar surface area (TPSA) is 46.5 Å². The number of hydrogen-bond acceptors (Lipinski definition) is 2. The molecule has 0 saturated carbocycles. The van der Waals surface area contributed by atoms with Crippen molar-refractivity contribution >= 4 is 5.97 Å². The Labute approximate surface area is 182 Å². The molecule has 1 unspecified atom stereocenters. The SMILES string of the molecule is CCCCCCCCCCCCOC(C)c1ccc(-c2ccc(C(=O)O)cc2)cc1. The van der Waals surface area contributed by atoms with Crippen LogP contribution in [0.25, 0.3) is 11.1 Å². The summed E-state index contributed by atoms with van der Waals surface area (Å²) >= 11 is 0. The highest BCUT2D eigenvalue weighted by atomic mass is 16.5. The third-order valence-electron chi connectivity index (χ3n) is 5.71. The second-order valence-electron chi connectivity index (χ2n) is 8.20. The van der Waals surface area contributed by atoms with Crippen LogP contribution in [0.1, 0.15) is 100 Å². The van der Waals surface area contributed by atoms with E-state index >= 15 is 0 Å². The highest BCUT2D eigenvalue weighted by molar-refractivity contribution is 5.88. The van der Waals surface area contributed by atoms with Gasteiger partial charge in [-0.05, 0) is 42.2 Å². The van der Waals surface area contributed by atoms with E-state index in [-0.39, 0.29) is 6.10 Å². The highest BCUT2D eigenvalue weighted by Crippen LogP contribution is 2.24. The van der Waals surface area contributed by atoms with E-state index in [0.29, 0.717) is 5.56 Å². The molecule has 0 radical (unpaired) electrons. The summed E-state index contributed by atoms with van der Waals surface area (Å²) < 4.78 is 6.02. The van der Waals surface area contributed by atoms with E-state index < -0.39 is 5.97 Å². The van der Waals surface area contributed by atoms with E-state index in [2.05, 4.69) is 38.1 Å². The Bertz CT molecular complexity index is 719. The molecule has 0 saturated heterocycles. The molecular weight excluding hydrogens is 372 g/mol. The van der Waals surface area contributed by atoms with E-state index in [1.165, 1.54) is 63.4 Å². The van der Waals surface area contributed by atoms with E-state index in [9.17, 15) is 4.79 Å². The van der Waals surface area contributed by atoms with E-state index in [1.54, 1.807) is 12.1 Å². The van der Waals surface area contributed by atoms with Crippen molar-refractivity contribution in [2.24, 2.45) is 0 Å². The smallest absolute Gasteiger partial charge is 0.335 e. The van der Waals surface area contributed by atoms with Crippen molar-refractivity contribution < 1.29 is 14.6 Å². The molecule has 0 aliphatic heterocycles. The lowest BCUT2D eigenvalue weighted by Crippen LogP contribution is -2.02.